The highest BCUT2D eigenvalue weighted by Gasteiger charge is 2.23. The lowest BCUT2D eigenvalue weighted by Gasteiger charge is -2.31. The summed E-state index contributed by atoms with van der Waals surface area (Å²) in [5, 5.41) is 7.15. The first-order chi connectivity index (χ1) is 16.6. The Balaban J connectivity index is 1.11. The van der Waals surface area contributed by atoms with Gasteiger partial charge in [-0.2, -0.15) is 0 Å². The van der Waals surface area contributed by atoms with Gasteiger partial charge in [-0.3, -0.25) is 0 Å². The van der Waals surface area contributed by atoms with Crippen molar-refractivity contribution in [2.24, 2.45) is 0 Å². The van der Waals surface area contributed by atoms with Gasteiger partial charge in [-0.15, -0.1) is 0 Å². The van der Waals surface area contributed by atoms with Gasteiger partial charge in [-0.25, -0.2) is 0 Å². The topological polar surface area (TPSA) is 42.5 Å². The molecule has 0 fully saturated rings. The Morgan fingerprint density at radius 2 is 1.00 bits per heavy atom. The van der Waals surface area contributed by atoms with Gasteiger partial charge < -0.3 is 20.1 Å². The fraction of sp³-hybridized carbons (Fsp3) is 0.484. The molecule has 2 aliphatic rings. The molecule has 4 nitrogen and oxygen atoms in total. The highest BCUT2D eigenvalue weighted by molar-refractivity contribution is 5.81. The average Bonchev–Trinajstić information content (AvgIpc) is 2.77. The van der Waals surface area contributed by atoms with Crippen molar-refractivity contribution in [1.29, 1.82) is 0 Å². The molecular formula is C31H42N2O2. The Hall–Kier alpha value is -2.88. The van der Waals surface area contributed by atoms with Gasteiger partial charge >= 0.3 is 0 Å². The molecule has 4 rings (SSSR count). The second-order valence-electron chi connectivity index (χ2n) is 11.2. The first-order valence-corrected chi connectivity index (χ1v) is 13.1. The molecule has 2 aliphatic heterocycles. The predicted octanol–water partition coefficient (Wildman–Crippen LogP) is 8.31. The number of allylic oxidation sites excluding steroid dienone is 2. The minimum Gasteiger partial charge on any atom is -0.494 e. The van der Waals surface area contributed by atoms with E-state index in [9.17, 15) is 0 Å². The van der Waals surface area contributed by atoms with Crippen LogP contribution in [0.5, 0.6) is 11.5 Å². The third-order valence-corrected chi connectivity index (χ3v) is 6.73. The van der Waals surface area contributed by atoms with Gasteiger partial charge in [0.1, 0.15) is 11.5 Å². The Kier molecular flexibility index (Phi) is 7.49. The van der Waals surface area contributed by atoms with Gasteiger partial charge in [0.05, 0.1) is 24.3 Å². The summed E-state index contributed by atoms with van der Waals surface area (Å²) in [7, 11) is 0. The zero-order valence-electron chi connectivity index (χ0n) is 22.4. The number of nitrogens with one attached hydrogen (secondary N) is 2. The summed E-state index contributed by atoms with van der Waals surface area (Å²) in [5.74, 6) is 1.92. The summed E-state index contributed by atoms with van der Waals surface area (Å²) in [4.78, 5) is 0. The van der Waals surface area contributed by atoms with Gasteiger partial charge in [0.2, 0.25) is 0 Å². The number of hydrogen-bond acceptors (Lipinski definition) is 4. The van der Waals surface area contributed by atoms with Crippen LogP contribution in [0.2, 0.25) is 0 Å². The molecule has 2 N–H and O–H groups in total. The largest absolute Gasteiger partial charge is 0.494 e. The van der Waals surface area contributed by atoms with Gasteiger partial charge in [0.25, 0.3) is 0 Å². The Bertz CT molecular complexity index is 1020. The second kappa shape index (κ2) is 10.4. The van der Waals surface area contributed by atoms with Crippen molar-refractivity contribution >= 4 is 22.5 Å². The van der Waals surface area contributed by atoms with E-state index < -0.39 is 0 Å². The van der Waals surface area contributed by atoms with E-state index in [1.165, 1.54) is 52.9 Å². The molecule has 2 aromatic carbocycles. The Morgan fingerprint density at radius 1 is 0.600 bits per heavy atom. The number of anilines is 2. The summed E-state index contributed by atoms with van der Waals surface area (Å²) in [6.07, 6.45) is 10.3. The van der Waals surface area contributed by atoms with Crippen molar-refractivity contribution in [1.82, 2.24) is 0 Å². The maximum Gasteiger partial charge on any atom is 0.120 e. The zero-order valence-corrected chi connectivity index (χ0v) is 22.4. The molecule has 0 atom stereocenters. The number of fused-ring (bicyclic) bond motifs is 2. The molecule has 0 saturated carbocycles. The van der Waals surface area contributed by atoms with E-state index in [1.807, 2.05) is 0 Å². The summed E-state index contributed by atoms with van der Waals surface area (Å²) in [5.41, 5.74) is 7.46. The van der Waals surface area contributed by atoms with Crippen LogP contribution in [0, 0.1) is 0 Å². The average molecular weight is 475 g/mol. The van der Waals surface area contributed by atoms with E-state index in [-0.39, 0.29) is 11.1 Å². The van der Waals surface area contributed by atoms with Gasteiger partial charge in [-0.1, -0.05) is 31.4 Å². The SMILES string of the molecule is CC1=CC(C)(C)Nc2ccc(OCCCCCCCOc3ccc4c(c3)C(C)=CC(C)(C)N4)cc21. The van der Waals surface area contributed by atoms with E-state index in [0.29, 0.717) is 0 Å². The molecule has 0 unspecified atom stereocenters. The summed E-state index contributed by atoms with van der Waals surface area (Å²) < 4.78 is 12.1. The number of unbranched alkanes of at least 4 members (excludes halogenated alkanes) is 4. The predicted molar refractivity (Wildman–Crippen MR) is 150 cm³/mol. The van der Waals surface area contributed by atoms with Crippen LogP contribution >= 0.6 is 0 Å². The normalized spacial score (nSPS) is 17.2. The van der Waals surface area contributed by atoms with E-state index >= 15 is 0 Å². The van der Waals surface area contributed by atoms with Crippen molar-refractivity contribution in [3.05, 3.63) is 59.7 Å². The number of rotatable bonds is 10. The van der Waals surface area contributed by atoms with Crippen LogP contribution in [0.1, 0.15) is 84.8 Å². The first-order valence-electron chi connectivity index (χ1n) is 13.1. The lowest BCUT2D eigenvalue weighted by molar-refractivity contribution is 0.293. The molecule has 0 bridgehead atoms. The van der Waals surface area contributed by atoms with Crippen LogP contribution in [0.3, 0.4) is 0 Å². The molecule has 35 heavy (non-hydrogen) atoms. The molecular weight excluding hydrogens is 432 g/mol. The summed E-state index contributed by atoms with van der Waals surface area (Å²) in [6, 6.07) is 12.8. The monoisotopic (exact) mass is 474 g/mol. The number of hydrogen-bond donors (Lipinski definition) is 2. The molecule has 0 radical (unpaired) electrons. The number of benzene rings is 2. The van der Waals surface area contributed by atoms with Crippen LogP contribution in [0.15, 0.2) is 48.6 Å². The first kappa shape index (κ1) is 25.2. The standard InChI is InChI=1S/C31H42N2O2/c1-22-20-30(3,4)32-28-14-12-24(18-26(22)28)34-16-10-8-7-9-11-17-35-25-13-15-29-27(19-25)23(2)21-31(5,6)33-29/h12-15,18-21,32-33H,7-11,16-17H2,1-6H3. The summed E-state index contributed by atoms with van der Waals surface area (Å²) in [6.45, 7) is 14.7. The molecule has 2 heterocycles. The molecule has 2 aromatic rings. The molecule has 0 aliphatic carbocycles. The third-order valence-electron chi connectivity index (χ3n) is 6.73. The lowest BCUT2D eigenvalue weighted by Crippen LogP contribution is -2.31. The smallest absolute Gasteiger partial charge is 0.120 e. The van der Waals surface area contributed by atoms with Crippen LogP contribution in [0.4, 0.5) is 11.4 Å². The van der Waals surface area contributed by atoms with Crippen LogP contribution in [-0.2, 0) is 0 Å². The molecule has 0 saturated heterocycles. The Labute approximate surface area is 211 Å². The zero-order chi connectivity index (χ0) is 25.1. The van der Waals surface area contributed by atoms with Crippen molar-refractivity contribution in [3.63, 3.8) is 0 Å². The van der Waals surface area contributed by atoms with Crippen LogP contribution in [0.25, 0.3) is 11.1 Å². The Morgan fingerprint density at radius 3 is 1.43 bits per heavy atom. The van der Waals surface area contributed by atoms with Gasteiger partial charge in [-0.05, 0) is 102 Å². The molecule has 188 valence electrons. The number of ether oxygens (including phenoxy) is 2. The van der Waals surface area contributed by atoms with E-state index in [2.05, 4.69) is 101 Å². The lowest BCUT2D eigenvalue weighted by atomic mass is 9.91. The molecule has 0 spiro atoms. The maximum atomic E-state index is 6.04. The van der Waals surface area contributed by atoms with E-state index in [0.717, 1.165) is 37.6 Å². The molecule has 0 amide bonds. The fourth-order valence-corrected chi connectivity index (χ4v) is 5.22. The fourth-order valence-electron chi connectivity index (χ4n) is 5.22. The van der Waals surface area contributed by atoms with Crippen LogP contribution in [-0.4, -0.2) is 24.3 Å². The minimum atomic E-state index is -0.00363. The van der Waals surface area contributed by atoms with E-state index in [1.54, 1.807) is 0 Å². The van der Waals surface area contributed by atoms with E-state index in [4.69, 9.17) is 9.47 Å². The third kappa shape index (κ3) is 6.62. The van der Waals surface area contributed by atoms with Gasteiger partial charge in [0, 0.05) is 22.5 Å². The summed E-state index contributed by atoms with van der Waals surface area (Å²) >= 11 is 0. The van der Waals surface area contributed by atoms with Crippen molar-refractivity contribution < 1.29 is 9.47 Å². The highest BCUT2D eigenvalue weighted by atomic mass is 16.5. The minimum absolute atomic E-state index is 0.00363. The van der Waals surface area contributed by atoms with Crippen molar-refractivity contribution in [2.75, 3.05) is 23.8 Å². The highest BCUT2D eigenvalue weighted by Crippen LogP contribution is 2.37. The van der Waals surface area contributed by atoms with Crippen molar-refractivity contribution in [3.8, 4) is 11.5 Å². The van der Waals surface area contributed by atoms with Gasteiger partial charge in [0.15, 0.2) is 0 Å². The molecule has 0 aromatic heterocycles. The van der Waals surface area contributed by atoms with Crippen molar-refractivity contribution in [2.45, 2.75) is 84.7 Å². The quantitative estimate of drug-likeness (QED) is 0.340. The molecule has 4 heteroatoms. The maximum absolute atomic E-state index is 6.04. The van der Waals surface area contributed by atoms with Crippen LogP contribution < -0.4 is 20.1 Å². The second-order valence-corrected chi connectivity index (χ2v) is 11.2.